The molecule has 0 bridgehead atoms. The molecule has 0 aliphatic heterocycles. The second-order valence-corrected chi connectivity index (χ2v) is 10.4. The Morgan fingerprint density at radius 2 is 1.87 bits per heavy atom. The molecule has 1 atom stereocenters. The number of rotatable bonds is 9. The van der Waals surface area contributed by atoms with E-state index in [2.05, 4.69) is 10.4 Å². The summed E-state index contributed by atoms with van der Waals surface area (Å²) < 4.78 is 53.0. The van der Waals surface area contributed by atoms with Gasteiger partial charge in [0.05, 0.1) is 11.1 Å². The fraction of sp³-hybridized carbons (Fsp3) is 0.231. The van der Waals surface area contributed by atoms with E-state index >= 15 is 0 Å². The van der Waals surface area contributed by atoms with E-state index in [1.807, 2.05) is 6.07 Å². The van der Waals surface area contributed by atoms with Crippen molar-refractivity contribution in [2.75, 3.05) is 7.05 Å². The van der Waals surface area contributed by atoms with Gasteiger partial charge in [0.15, 0.2) is 0 Å². The van der Waals surface area contributed by atoms with Crippen molar-refractivity contribution >= 4 is 35.3 Å². The second-order valence-electron chi connectivity index (χ2n) is 9.43. The zero-order chi connectivity index (χ0) is 27.8. The first-order valence-corrected chi connectivity index (χ1v) is 13.3. The van der Waals surface area contributed by atoms with Crippen LogP contribution in [-0.4, -0.2) is 52.8 Å². The van der Waals surface area contributed by atoms with Gasteiger partial charge >= 0.3 is 7.12 Å². The summed E-state index contributed by atoms with van der Waals surface area (Å²) in [5, 5.41) is 25.8. The fourth-order valence-electron chi connectivity index (χ4n) is 4.65. The van der Waals surface area contributed by atoms with Gasteiger partial charge in [-0.1, -0.05) is 12.1 Å². The number of hydrogen-bond donors (Lipinski definition) is 4. The highest BCUT2D eigenvalue weighted by Crippen LogP contribution is 2.43. The van der Waals surface area contributed by atoms with E-state index in [1.54, 1.807) is 22.8 Å². The summed E-state index contributed by atoms with van der Waals surface area (Å²) in [5.74, 6) is -1.39. The summed E-state index contributed by atoms with van der Waals surface area (Å²) in [6, 6.07) is 11.3. The van der Waals surface area contributed by atoms with E-state index in [0.717, 1.165) is 24.5 Å². The van der Waals surface area contributed by atoms with E-state index in [4.69, 9.17) is 0 Å². The Kier molecular flexibility index (Phi) is 7.60. The van der Waals surface area contributed by atoms with E-state index in [-0.39, 0.29) is 30.4 Å². The summed E-state index contributed by atoms with van der Waals surface area (Å²) >= 11 is -2.42. The molecule has 4 N–H and O–H groups in total. The van der Waals surface area contributed by atoms with Crippen LogP contribution < -0.4 is 10.8 Å². The highest BCUT2D eigenvalue weighted by atomic mass is 32.2. The molecule has 1 unspecified atom stereocenters. The number of nitrogens with zero attached hydrogens (tertiary/aromatic N) is 3. The molecule has 9 nitrogen and oxygen atoms in total. The molecule has 2 heterocycles. The molecule has 39 heavy (non-hydrogen) atoms. The van der Waals surface area contributed by atoms with Gasteiger partial charge in [0.1, 0.15) is 17.3 Å². The Balaban J connectivity index is 1.55. The van der Waals surface area contributed by atoms with Crippen molar-refractivity contribution in [3.8, 4) is 11.3 Å². The van der Waals surface area contributed by atoms with Crippen molar-refractivity contribution in [2.24, 2.45) is 0 Å². The first kappa shape index (κ1) is 27.1. The molecule has 1 fully saturated rings. The van der Waals surface area contributed by atoms with Gasteiger partial charge < -0.3 is 15.4 Å². The maximum Gasteiger partial charge on any atom is 0.491 e. The number of aromatic nitrogens is 2. The van der Waals surface area contributed by atoms with Crippen molar-refractivity contribution in [3.05, 3.63) is 88.6 Å². The molecule has 1 amide bonds. The van der Waals surface area contributed by atoms with Gasteiger partial charge in [-0.05, 0) is 71.8 Å². The molecule has 1 saturated carbocycles. The topological polar surface area (TPSA) is 127 Å². The van der Waals surface area contributed by atoms with Crippen molar-refractivity contribution in [2.45, 2.75) is 31.8 Å². The van der Waals surface area contributed by atoms with Crippen molar-refractivity contribution < 1.29 is 32.4 Å². The molecule has 1 aliphatic carbocycles. The molecule has 1 aliphatic rings. The number of hydrogen-bond acceptors (Lipinski definition) is 5. The van der Waals surface area contributed by atoms with Crippen LogP contribution in [0.4, 0.5) is 8.78 Å². The lowest BCUT2D eigenvalue weighted by Gasteiger charge is -2.20. The minimum atomic E-state index is -2.42. The Labute approximate surface area is 225 Å². The second kappa shape index (κ2) is 10.9. The number of pyridine rings is 1. The lowest BCUT2D eigenvalue weighted by atomic mass is 9.79. The van der Waals surface area contributed by atoms with Gasteiger partial charge in [0, 0.05) is 37.4 Å². The summed E-state index contributed by atoms with van der Waals surface area (Å²) in [4.78, 5) is 12.9. The van der Waals surface area contributed by atoms with Crippen molar-refractivity contribution in [1.29, 1.82) is 0 Å². The van der Waals surface area contributed by atoms with E-state index in [0.29, 0.717) is 33.5 Å². The maximum absolute atomic E-state index is 14.3. The third-order valence-corrected chi connectivity index (χ3v) is 7.45. The summed E-state index contributed by atoms with van der Waals surface area (Å²) in [6.45, 7) is -0.0642. The van der Waals surface area contributed by atoms with Crippen LogP contribution in [0, 0.1) is 11.6 Å². The smallest absolute Gasteiger partial charge is 0.423 e. The van der Waals surface area contributed by atoms with Gasteiger partial charge in [0.25, 0.3) is 5.91 Å². The molecule has 5 rings (SSSR count). The molecule has 13 heteroatoms. The highest BCUT2D eigenvalue weighted by Gasteiger charge is 2.30. The van der Waals surface area contributed by atoms with Crippen LogP contribution in [0.1, 0.15) is 45.8 Å². The molecule has 2 aromatic carbocycles. The quantitative estimate of drug-likeness (QED) is 0.186. The van der Waals surface area contributed by atoms with Crippen LogP contribution in [-0.2, 0) is 24.4 Å². The van der Waals surface area contributed by atoms with E-state index in [1.165, 1.54) is 35.6 Å². The maximum atomic E-state index is 14.3. The van der Waals surface area contributed by atoms with Crippen LogP contribution in [0.15, 0.2) is 54.7 Å². The van der Waals surface area contributed by atoms with Crippen LogP contribution in [0.25, 0.3) is 16.8 Å². The summed E-state index contributed by atoms with van der Waals surface area (Å²) in [7, 11) is -0.454. The average molecular weight is 554 g/mol. The highest BCUT2D eigenvalue weighted by molar-refractivity contribution is 7.76. The molecule has 4 aromatic rings. The van der Waals surface area contributed by atoms with Crippen LogP contribution in [0.3, 0.4) is 0 Å². The molecule has 0 saturated heterocycles. The SMILES string of the molecule is CNC(=O)c1c(-c2ccc(F)cc2)nn2cc(CN(Cc3ccc(B(O)O)c(F)c3)S(=O)O)c(C3CC3)cc12. The van der Waals surface area contributed by atoms with Gasteiger partial charge in [0.2, 0.25) is 11.3 Å². The molecule has 0 radical (unpaired) electrons. The summed E-state index contributed by atoms with van der Waals surface area (Å²) in [5.41, 5.74) is 3.53. The number of nitrogens with one attached hydrogen (secondary N) is 1. The van der Waals surface area contributed by atoms with Gasteiger partial charge in [-0.3, -0.25) is 9.35 Å². The van der Waals surface area contributed by atoms with Gasteiger partial charge in [-0.15, -0.1) is 0 Å². The molecule has 2 aromatic heterocycles. The van der Waals surface area contributed by atoms with Crippen molar-refractivity contribution in [3.63, 3.8) is 0 Å². The largest absolute Gasteiger partial charge is 0.491 e. The number of amides is 1. The lowest BCUT2D eigenvalue weighted by Crippen LogP contribution is -2.33. The number of benzene rings is 2. The number of halogens is 2. The minimum absolute atomic E-state index is 0.0257. The third-order valence-electron chi connectivity index (χ3n) is 6.75. The van der Waals surface area contributed by atoms with Crippen molar-refractivity contribution in [1.82, 2.24) is 19.2 Å². The molecular weight excluding hydrogens is 529 g/mol. The van der Waals surface area contributed by atoms with Crippen LogP contribution in [0.5, 0.6) is 0 Å². The van der Waals surface area contributed by atoms with E-state index < -0.39 is 30.0 Å². The Morgan fingerprint density at radius 3 is 2.46 bits per heavy atom. The number of fused-ring (bicyclic) bond motifs is 1. The van der Waals surface area contributed by atoms with E-state index in [9.17, 15) is 32.4 Å². The predicted octanol–water partition coefficient (Wildman–Crippen LogP) is 2.34. The predicted molar refractivity (Wildman–Crippen MR) is 142 cm³/mol. The Morgan fingerprint density at radius 1 is 1.15 bits per heavy atom. The zero-order valence-electron chi connectivity index (χ0n) is 20.8. The normalized spacial score (nSPS) is 14.1. The lowest BCUT2D eigenvalue weighted by molar-refractivity contribution is 0.0965. The number of carbonyl (C=O) groups excluding carboxylic acids is 1. The molecule has 202 valence electrons. The first-order chi connectivity index (χ1) is 18.7. The Bertz CT molecular complexity index is 1580. The van der Waals surface area contributed by atoms with Crippen LogP contribution >= 0.6 is 0 Å². The standard InChI is InChI=1S/C26H25BF2N4O5S/c1-30-26(34)24-23-11-20(16-3-4-16)18(14-33(23)31-25(24)17-5-7-19(28)8-6-17)13-32(39(37)38)12-15-2-9-21(27(35)36)22(29)10-15/h2,5-11,14,16,35-36H,3-4,12-13H2,1H3,(H,30,34)(H,37,38). The van der Waals surface area contributed by atoms with Gasteiger partial charge in [-0.25, -0.2) is 17.5 Å². The Hall–Kier alpha value is -3.49. The molecular formula is C26H25BF2N4O5S. The number of carbonyl (C=O) groups is 1. The third kappa shape index (κ3) is 5.63. The zero-order valence-corrected chi connectivity index (χ0v) is 21.7. The monoisotopic (exact) mass is 554 g/mol. The summed E-state index contributed by atoms with van der Waals surface area (Å²) in [6.07, 6.45) is 3.57. The van der Waals surface area contributed by atoms with Crippen LogP contribution in [0.2, 0.25) is 0 Å². The van der Waals surface area contributed by atoms with Gasteiger partial charge in [-0.2, -0.15) is 9.40 Å². The first-order valence-electron chi connectivity index (χ1n) is 12.2. The molecule has 0 spiro atoms. The fourth-order valence-corrected chi connectivity index (χ4v) is 5.16. The average Bonchev–Trinajstić information content (AvgIpc) is 3.68. The minimum Gasteiger partial charge on any atom is -0.423 e.